The molecule has 10 heteroatoms. The lowest BCUT2D eigenvalue weighted by atomic mass is 10.4. The summed E-state index contributed by atoms with van der Waals surface area (Å²) in [5.74, 6) is 0. The summed E-state index contributed by atoms with van der Waals surface area (Å²) < 4.78 is 49.1. The maximum Gasteiger partial charge on any atom is 0.363 e. The molecule has 0 atom stereocenters. The average Bonchev–Trinajstić information content (AvgIpc) is 3.25. The Labute approximate surface area is 162 Å². The second kappa shape index (κ2) is 9.76. The predicted molar refractivity (Wildman–Crippen MR) is 109 cm³/mol. The molecule has 2 aromatic heterocycles. The Kier molecular flexibility index (Phi) is 8.26. The third kappa shape index (κ3) is 4.57. The highest BCUT2D eigenvalue weighted by molar-refractivity contribution is 7.70. The zero-order valence-electron chi connectivity index (χ0n) is 15.3. The first-order chi connectivity index (χ1) is 12.5. The van der Waals surface area contributed by atoms with Crippen molar-refractivity contribution in [3.8, 4) is 9.75 Å². The van der Waals surface area contributed by atoms with Gasteiger partial charge in [0.25, 0.3) is 0 Å². The Bertz CT molecular complexity index is 767. The van der Waals surface area contributed by atoms with Crippen molar-refractivity contribution in [1.82, 2.24) is 0 Å². The van der Waals surface area contributed by atoms with Crippen LogP contribution in [0, 0.1) is 0 Å². The molecule has 0 saturated carbocycles. The first-order valence-electron chi connectivity index (χ1n) is 8.40. The van der Waals surface area contributed by atoms with Crippen molar-refractivity contribution in [1.29, 1.82) is 0 Å². The van der Waals surface area contributed by atoms with Gasteiger partial charge in [0.05, 0.1) is 41.9 Å². The smallest absolute Gasteiger partial charge is 0.305 e. The van der Waals surface area contributed by atoms with E-state index in [1.807, 2.05) is 17.5 Å². The Morgan fingerprint density at radius 1 is 0.846 bits per heavy atom. The zero-order chi connectivity index (χ0) is 19.2. The average molecular weight is 438 g/mol. The molecule has 0 spiro atoms. The van der Waals surface area contributed by atoms with Crippen LogP contribution in [-0.2, 0) is 27.2 Å². The SMILES string of the molecule is CCOP(=O)(OCC)c1csc(-c2cccs2)c1P(=O)(OCC)OCC. The quantitative estimate of drug-likeness (QED) is 0.446. The van der Waals surface area contributed by atoms with E-state index >= 15 is 0 Å². The van der Waals surface area contributed by atoms with Crippen LogP contribution in [0.2, 0.25) is 0 Å². The van der Waals surface area contributed by atoms with Gasteiger partial charge in [-0.15, -0.1) is 22.7 Å². The lowest BCUT2D eigenvalue weighted by Gasteiger charge is -2.22. The largest absolute Gasteiger partial charge is 0.363 e. The van der Waals surface area contributed by atoms with Crippen molar-refractivity contribution in [2.75, 3.05) is 26.4 Å². The molecule has 0 radical (unpaired) electrons. The van der Waals surface area contributed by atoms with Gasteiger partial charge in [0, 0.05) is 10.3 Å². The van der Waals surface area contributed by atoms with Crippen molar-refractivity contribution in [2.24, 2.45) is 0 Å². The first kappa shape index (κ1) is 22.0. The van der Waals surface area contributed by atoms with Crippen LogP contribution in [0.5, 0.6) is 0 Å². The standard InChI is InChI=1S/C16H24O6P2S2/c1-5-19-23(17,20-6-2)13-12-26-16(14-10-9-11-25-14)15(13)24(18,21-7-3)22-8-4/h9-12H,5-8H2,1-4H3. The second-order valence-corrected chi connectivity index (χ2v) is 10.7. The molecule has 0 aliphatic rings. The van der Waals surface area contributed by atoms with E-state index < -0.39 is 15.2 Å². The number of hydrogen-bond donors (Lipinski definition) is 0. The lowest BCUT2D eigenvalue weighted by molar-refractivity contribution is 0.226. The Hall–Kier alpha value is -0.300. The van der Waals surface area contributed by atoms with Crippen molar-refractivity contribution < 1.29 is 27.2 Å². The topological polar surface area (TPSA) is 71.1 Å². The van der Waals surface area contributed by atoms with Gasteiger partial charge in [-0.2, -0.15) is 0 Å². The molecular weight excluding hydrogens is 414 g/mol. The molecule has 2 rings (SSSR count). The van der Waals surface area contributed by atoms with Gasteiger partial charge in [0.2, 0.25) is 0 Å². The maximum atomic E-state index is 13.6. The molecule has 0 aliphatic carbocycles. The van der Waals surface area contributed by atoms with Gasteiger partial charge < -0.3 is 18.1 Å². The highest BCUT2D eigenvalue weighted by atomic mass is 32.1. The summed E-state index contributed by atoms with van der Waals surface area (Å²) in [6.45, 7) is 7.77. The maximum absolute atomic E-state index is 13.6. The fraction of sp³-hybridized carbons (Fsp3) is 0.500. The van der Waals surface area contributed by atoms with Crippen LogP contribution in [0.25, 0.3) is 9.75 Å². The zero-order valence-corrected chi connectivity index (χ0v) is 18.7. The third-order valence-corrected chi connectivity index (χ3v) is 10.1. The molecule has 0 aliphatic heterocycles. The van der Waals surface area contributed by atoms with Crippen LogP contribution in [0.3, 0.4) is 0 Å². The number of rotatable bonds is 11. The van der Waals surface area contributed by atoms with Crippen molar-refractivity contribution >= 4 is 48.5 Å². The third-order valence-electron chi connectivity index (χ3n) is 3.26. The van der Waals surface area contributed by atoms with Crippen LogP contribution >= 0.6 is 37.9 Å². The molecule has 0 amide bonds. The first-order valence-corrected chi connectivity index (χ1v) is 13.2. The molecule has 146 valence electrons. The van der Waals surface area contributed by atoms with Crippen LogP contribution in [-0.4, -0.2) is 26.4 Å². The Morgan fingerprint density at radius 2 is 1.38 bits per heavy atom. The van der Waals surface area contributed by atoms with Gasteiger partial charge in [0.1, 0.15) is 0 Å². The Morgan fingerprint density at radius 3 is 1.85 bits per heavy atom. The van der Waals surface area contributed by atoms with Gasteiger partial charge >= 0.3 is 15.2 Å². The number of hydrogen-bond acceptors (Lipinski definition) is 8. The highest BCUT2D eigenvalue weighted by Crippen LogP contribution is 2.56. The fourth-order valence-electron chi connectivity index (χ4n) is 2.41. The summed E-state index contributed by atoms with van der Waals surface area (Å²) in [5.41, 5.74) is 0. The minimum atomic E-state index is -3.70. The monoisotopic (exact) mass is 438 g/mol. The van der Waals surface area contributed by atoms with Crippen molar-refractivity contribution in [2.45, 2.75) is 27.7 Å². The van der Waals surface area contributed by atoms with Crippen molar-refractivity contribution in [3.05, 3.63) is 22.9 Å². The van der Waals surface area contributed by atoms with E-state index in [9.17, 15) is 9.13 Å². The van der Waals surface area contributed by atoms with Crippen LogP contribution in [0.15, 0.2) is 22.9 Å². The summed E-state index contributed by atoms with van der Waals surface area (Å²) >= 11 is 2.84. The lowest BCUT2D eigenvalue weighted by Crippen LogP contribution is -2.27. The molecule has 0 N–H and O–H groups in total. The van der Waals surface area contributed by atoms with Crippen LogP contribution in [0.4, 0.5) is 0 Å². The van der Waals surface area contributed by atoms with Gasteiger partial charge in [-0.05, 0) is 39.1 Å². The van der Waals surface area contributed by atoms with Gasteiger partial charge in [0.15, 0.2) is 0 Å². The van der Waals surface area contributed by atoms with E-state index in [2.05, 4.69) is 0 Å². The summed E-state index contributed by atoms with van der Waals surface area (Å²) in [5, 5.41) is 4.16. The van der Waals surface area contributed by atoms with E-state index in [1.54, 1.807) is 33.1 Å². The minimum absolute atomic E-state index is 0.198. The summed E-state index contributed by atoms with van der Waals surface area (Å²) in [7, 11) is -7.35. The predicted octanol–water partition coefficient (Wildman–Crippen LogP) is 5.26. The molecule has 2 aromatic rings. The Balaban J connectivity index is 2.74. The van der Waals surface area contributed by atoms with Gasteiger partial charge in [-0.25, -0.2) is 0 Å². The highest BCUT2D eigenvalue weighted by Gasteiger charge is 2.42. The van der Waals surface area contributed by atoms with Gasteiger partial charge in [-0.3, -0.25) is 9.13 Å². The summed E-state index contributed by atoms with van der Waals surface area (Å²) in [6, 6.07) is 3.82. The minimum Gasteiger partial charge on any atom is -0.305 e. The van der Waals surface area contributed by atoms with Crippen LogP contribution < -0.4 is 10.6 Å². The molecule has 26 heavy (non-hydrogen) atoms. The fourth-order valence-corrected chi connectivity index (χ4v) is 9.39. The molecule has 0 bridgehead atoms. The number of thiophene rings is 2. The molecule has 0 aromatic carbocycles. The molecule has 0 unspecified atom stereocenters. The van der Waals surface area contributed by atoms with Crippen molar-refractivity contribution in [3.63, 3.8) is 0 Å². The normalized spacial score (nSPS) is 12.6. The second-order valence-electron chi connectivity index (χ2n) is 4.94. The molecule has 6 nitrogen and oxygen atoms in total. The van der Waals surface area contributed by atoms with E-state index in [0.717, 1.165) is 4.88 Å². The van der Waals surface area contributed by atoms with Crippen LogP contribution in [0.1, 0.15) is 27.7 Å². The summed E-state index contributed by atoms with van der Waals surface area (Å²) in [4.78, 5) is 1.61. The van der Waals surface area contributed by atoms with E-state index in [1.165, 1.54) is 22.7 Å². The van der Waals surface area contributed by atoms with Gasteiger partial charge in [-0.1, -0.05) is 6.07 Å². The molecular formula is C16H24O6P2S2. The van der Waals surface area contributed by atoms with E-state index in [0.29, 0.717) is 10.2 Å². The molecule has 0 saturated heterocycles. The molecule has 2 heterocycles. The van der Waals surface area contributed by atoms with E-state index in [-0.39, 0.29) is 31.7 Å². The van der Waals surface area contributed by atoms with E-state index in [4.69, 9.17) is 18.1 Å². The summed E-state index contributed by atoms with van der Waals surface area (Å²) in [6.07, 6.45) is 0. The molecule has 0 fully saturated rings.